The van der Waals surface area contributed by atoms with Crippen LogP contribution < -0.4 is 11.5 Å². The number of amides is 1. The van der Waals surface area contributed by atoms with Crippen LogP contribution in [0.1, 0.15) is 40.0 Å². The smallest absolute Gasteiger partial charge is 0.238 e. The van der Waals surface area contributed by atoms with Gasteiger partial charge in [0.25, 0.3) is 0 Å². The first-order valence-electron chi connectivity index (χ1n) is 6.64. The molecule has 1 fully saturated rings. The Morgan fingerprint density at radius 1 is 1.41 bits per heavy atom. The Bertz CT molecular complexity index is 263. The van der Waals surface area contributed by atoms with Crippen molar-refractivity contribution in [2.75, 3.05) is 19.6 Å². The number of nitrogens with two attached hydrogens (primary N) is 2. The summed E-state index contributed by atoms with van der Waals surface area (Å²) in [6.07, 6.45) is 3.68. The minimum Gasteiger partial charge on any atom is -0.368 e. The summed E-state index contributed by atoms with van der Waals surface area (Å²) < 4.78 is 0. The number of carbonyl (C=O) groups is 1. The molecule has 0 spiro atoms. The fraction of sp³-hybridized carbons (Fsp3) is 0.923. The second kappa shape index (κ2) is 5.83. The van der Waals surface area contributed by atoms with Gasteiger partial charge in [-0.3, -0.25) is 4.79 Å². The van der Waals surface area contributed by atoms with Gasteiger partial charge < -0.3 is 16.4 Å². The standard InChI is InChI=1S/C13H27N3O/c1-10(2)11-5-4-7-16(8-6-11)9-13(3,15)12(14)17/h10-11H,4-9,15H2,1-3H3,(H2,14,17). The highest BCUT2D eigenvalue weighted by Crippen LogP contribution is 2.24. The van der Waals surface area contributed by atoms with E-state index >= 15 is 0 Å². The highest BCUT2D eigenvalue weighted by molar-refractivity contribution is 5.84. The monoisotopic (exact) mass is 241 g/mol. The summed E-state index contributed by atoms with van der Waals surface area (Å²) in [5, 5.41) is 0. The fourth-order valence-corrected chi connectivity index (χ4v) is 2.55. The highest BCUT2D eigenvalue weighted by Gasteiger charge is 2.29. The van der Waals surface area contributed by atoms with Crippen molar-refractivity contribution in [2.24, 2.45) is 23.3 Å². The van der Waals surface area contributed by atoms with Gasteiger partial charge in [0.2, 0.25) is 5.91 Å². The number of primary amides is 1. The topological polar surface area (TPSA) is 72.3 Å². The predicted molar refractivity (Wildman–Crippen MR) is 70.4 cm³/mol. The van der Waals surface area contributed by atoms with Crippen LogP contribution >= 0.6 is 0 Å². The minimum atomic E-state index is -0.905. The van der Waals surface area contributed by atoms with Gasteiger partial charge in [0.15, 0.2) is 0 Å². The van der Waals surface area contributed by atoms with Gasteiger partial charge in [-0.05, 0) is 51.1 Å². The summed E-state index contributed by atoms with van der Waals surface area (Å²) in [5.41, 5.74) is 10.3. The van der Waals surface area contributed by atoms with Gasteiger partial charge >= 0.3 is 0 Å². The predicted octanol–water partition coefficient (Wildman–Crippen LogP) is 0.947. The molecule has 0 aliphatic carbocycles. The fourth-order valence-electron chi connectivity index (χ4n) is 2.55. The van der Waals surface area contributed by atoms with Gasteiger partial charge in [-0.1, -0.05) is 13.8 Å². The van der Waals surface area contributed by atoms with Crippen LogP contribution in [0, 0.1) is 11.8 Å². The van der Waals surface area contributed by atoms with Crippen molar-refractivity contribution in [1.82, 2.24) is 4.90 Å². The zero-order chi connectivity index (χ0) is 13.1. The van der Waals surface area contributed by atoms with Crippen molar-refractivity contribution in [2.45, 2.75) is 45.6 Å². The van der Waals surface area contributed by atoms with Gasteiger partial charge in [-0.15, -0.1) is 0 Å². The van der Waals surface area contributed by atoms with Crippen LogP contribution in [-0.2, 0) is 4.79 Å². The quantitative estimate of drug-likeness (QED) is 0.769. The van der Waals surface area contributed by atoms with E-state index in [1.54, 1.807) is 6.92 Å². The normalized spacial score (nSPS) is 26.5. The zero-order valence-electron chi connectivity index (χ0n) is 11.4. The van der Waals surface area contributed by atoms with E-state index in [9.17, 15) is 4.79 Å². The van der Waals surface area contributed by atoms with Gasteiger partial charge in [-0.2, -0.15) is 0 Å². The third kappa shape index (κ3) is 4.28. The van der Waals surface area contributed by atoms with E-state index in [1.807, 2.05) is 0 Å². The molecule has 1 saturated heterocycles. The van der Waals surface area contributed by atoms with Crippen LogP contribution in [0.25, 0.3) is 0 Å². The van der Waals surface area contributed by atoms with E-state index in [4.69, 9.17) is 11.5 Å². The molecule has 17 heavy (non-hydrogen) atoms. The molecule has 4 nitrogen and oxygen atoms in total. The van der Waals surface area contributed by atoms with E-state index in [1.165, 1.54) is 19.3 Å². The largest absolute Gasteiger partial charge is 0.368 e. The zero-order valence-corrected chi connectivity index (χ0v) is 11.4. The molecule has 1 amide bonds. The molecule has 0 radical (unpaired) electrons. The third-order valence-electron chi connectivity index (χ3n) is 3.92. The minimum absolute atomic E-state index is 0.415. The summed E-state index contributed by atoms with van der Waals surface area (Å²) in [7, 11) is 0. The van der Waals surface area contributed by atoms with Crippen molar-refractivity contribution >= 4 is 5.91 Å². The molecule has 4 N–H and O–H groups in total. The molecular weight excluding hydrogens is 214 g/mol. The lowest BCUT2D eigenvalue weighted by Crippen LogP contribution is -2.56. The lowest BCUT2D eigenvalue weighted by atomic mass is 9.89. The lowest BCUT2D eigenvalue weighted by molar-refractivity contribution is -0.123. The van der Waals surface area contributed by atoms with E-state index in [2.05, 4.69) is 18.7 Å². The second-order valence-corrected chi connectivity index (χ2v) is 5.99. The molecule has 100 valence electrons. The number of nitrogens with zero attached hydrogens (tertiary/aromatic N) is 1. The Morgan fingerprint density at radius 2 is 2.06 bits per heavy atom. The summed E-state index contributed by atoms with van der Waals surface area (Å²) >= 11 is 0. The molecular formula is C13H27N3O. The number of rotatable bonds is 4. The number of carbonyl (C=O) groups excluding carboxylic acids is 1. The first kappa shape index (κ1) is 14.5. The summed E-state index contributed by atoms with van der Waals surface area (Å²) in [4.78, 5) is 13.5. The van der Waals surface area contributed by atoms with Crippen molar-refractivity contribution in [3.8, 4) is 0 Å². The first-order valence-corrected chi connectivity index (χ1v) is 6.64. The number of hydrogen-bond donors (Lipinski definition) is 2. The molecule has 4 heteroatoms. The van der Waals surface area contributed by atoms with Crippen LogP contribution in [0.3, 0.4) is 0 Å². The van der Waals surface area contributed by atoms with Gasteiger partial charge in [0.05, 0.1) is 0 Å². The van der Waals surface area contributed by atoms with E-state index in [-0.39, 0.29) is 0 Å². The molecule has 2 unspecified atom stereocenters. The molecule has 1 aliphatic rings. The molecule has 0 aromatic rings. The maximum atomic E-state index is 11.2. The molecule has 0 saturated carbocycles. The third-order valence-corrected chi connectivity index (χ3v) is 3.92. The number of likely N-dealkylation sites (tertiary alicyclic amines) is 1. The first-order chi connectivity index (χ1) is 7.83. The molecule has 1 aliphatic heterocycles. The van der Waals surface area contributed by atoms with E-state index < -0.39 is 11.4 Å². The number of hydrogen-bond acceptors (Lipinski definition) is 3. The van der Waals surface area contributed by atoms with Gasteiger partial charge in [0.1, 0.15) is 5.54 Å². The summed E-state index contributed by atoms with van der Waals surface area (Å²) in [6, 6.07) is 0. The Kier molecular flexibility index (Phi) is 4.95. The Balaban J connectivity index is 2.49. The van der Waals surface area contributed by atoms with Gasteiger partial charge in [-0.25, -0.2) is 0 Å². The maximum Gasteiger partial charge on any atom is 0.238 e. The second-order valence-electron chi connectivity index (χ2n) is 5.99. The van der Waals surface area contributed by atoms with Crippen molar-refractivity contribution in [3.05, 3.63) is 0 Å². The molecule has 0 aromatic heterocycles. The van der Waals surface area contributed by atoms with Crippen LogP contribution in [0.2, 0.25) is 0 Å². The van der Waals surface area contributed by atoms with Gasteiger partial charge in [0, 0.05) is 6.54 Å². The Hall–Kier alpha value is -0.610. The summed E-state index contributed by atoms with van der Waals surface area (Å²) in [5.74, 6) is 1.13. The Morgan fingerprint density at radius 3 is 2.59 bits per heavy atom. The maximum absolute atomic E-state index is 11.2. The molecule has 0 bridgehead atoms. The van der Waals surface area contributed by atoms with E-state index in [0.717, 1.165) is 24.9 Å². The molecule has 2 atom stereocenters. The van der Waals surface area contributed by atoms with Crippen LogP contribution in [0.15, 0.2) is 0 Å². The van der Waals surface area contributed by atoms with Crippen molar-refractivity contribution in [3.63, 3.8) is 0 Å². The van der Waals surface area contributed by atoms with Crippen molar-refractivity contribution < 1.29 is 4.79 Å². The molecule has 0 aromatic carbocycles. The average molecular weight is 241 g/mol. The summed E-state index contributed by atoms with van der Waals surface area (Å²) in [6.45, 7) is 8.94. The van der Waals surface area contributed by atoms with Crippen LogP contribution in [0.5, 0.6) is 0 Å². The SMILES string of the molecule is CC(C)C1CCCN(CC(C)(N)C(N)=O)CC1. The molecule has 1 heterocycles. The van der Waals surface area contributed by atoms with Crippen molar-refractivity contribution in [1.29, 1.82) is 0 Å². The Labute approximate surface area is 105 Å². The van der Waals surface area contributed by atoms with Crippen LogP contribution in [-0.4, -0.2) is 36.0 Å². The van der Waals surface area contributed by atoms with E-state index in [0.29, 0.717) is 6.54 Å². The van der Waals surface area contributed by atoms with Crippen LogP contribution in [0.4, 0.5) is 0 Å². The highest BCUT2D eigenvalue weighted by atomic mass is 16.1. The lowest BCUT2D eigenvalue weighted by Gasteiger charge is -2.29. The molecule has 1 rings (SSSR count). The average Bonchev–Trinajstić information content (AvgIpc) is 2.42.